The average Bonchev–Trinajstić information content (AvgIpc) is 2.46. The highest BCUT2D eigenvalue weighted by atomic mass is 16.6. The van der Waals surface area contributed by atoms with Crippen molar-refractivity contribution in [1.29, 1.82) is 0 Å². The fourth-order valence-corrected chi connectivity index (χ4v) is 3.08. The van der Waals surface area contributed by atoms with Crippen molar-refractivity contribution in [3.05, 3.63) is 34.4 Å². The van der Waals surface area contributed by atoms with Crippen LogP contribution in [0.2, 0.25) is 0 Å². The second-order valence-corrected chi connectivity index (χ2v) is 7.17. The van der Waals surface area contributed by atoms with Crippen molar-refractivity contribution >= 4 is 6.09 Å². The molecule has 1 atom stereocenters. The van der Waals surface area contributed by atoms with Gasteiger partial charge in [-0.2, -0.15) is 0 Å². The first-order chi connectivity index (χ1) is 10.6. The quantitative estimate of drug-likeness (QED) is 0.621. The van der Waals surface area contributed by atoms with Crippen LogP contribution in [0.25, 0.3) is 0 Å². The summed E-state index contributed by atoms with van der Waals surface area (Å²) in [6, 6.07) is 0. The van der Waals surface area contributed by atoms with Crippen molar-refractivity contribution in [3.8, 4) is 0 Å². The minimum atomic E-state index is -1.53. The molecule has 23 heavy (non-hydrogen) atoms. The maximum absolute atomic E-state index is 12.1. The zero-order chi connectivity index (χ0) is 17.3. The molecule has 1 amide bonds. The molecular formula is C16H24N2O5. The van der Waals surface area contributed by atoms with E-state index in [1.807, 2.05) is 0 Å². The second-order valence-electron chi connectivity index (χ2n) is 7.17. The van der Waals surface area contributed by atoms with E-state index in [1.54, 1.807) is 39.0 Å². The smallest absolute Gasteiger partial charge is 0.410 e. The van der Waals surface area contributed by atoms with Crippen LogP contribution in [-0.2, 0) is 4.74 Å². The SMILES string of the molecule is CC(C)(C)OC(=O)N1CCC(O)(C2([N+](=O)[O-])C=CC=CC2)CC1. The molecule has 0 spiro atoms. The van der Waals surface area contributed by atoms with Crippen LogP contribution in [0, 0.1) is 10.1 Å². The van der Waals surface area contributed by atoms with Crippen molar-refractivity contribution in [3.63, 3.8) is 0 Å². The number of rotatable bonds is 2. The van der Waals surface area contributed by atoms with Crippen LogP contribution in [-0.4, -0.2) is 50.9 Å². The maximum Gasteiger partial charge on any atom is 0.410 e. The normalized spacial score (nSPS) is 26.9. The first-order valence-electron chi connectivity index (χ1n) is 7.79. The summed E-state index contributed by atoms with van der Waals surface area (Å²) in [5.74, 6) is 0. The monoisotopic (exact) mass is 324 g/mol. The number of piperidine rings is 1. The van der Waals surface area contributed by atoms with Gasteiger partial charge in [-0.05, 0) is 26.8 Å². The van der Waals surface area contributed by atoms with Gasteiger partial charge < -0.3 is 14.7 Å². The van der Waals surface area contributed by atoms with Crippen molar-refractivity contribution < 1.29 is 19.6 Å². The highest BCUT2D eigenvalue weighted by Gasteiger charge is 2.59. The molecule has 1 fully saturated rings. The third kappa shape index (κ3) is 3.39. The van der Waals surface area contributed by atoms with E-state index in [0.29, 0.717) is 0 Å². The molecule has 0 radical (unpaired) electrons. The first kappa shape index (κ1) is 17.5. The van der Waals surface area contributed by atoms with Gasteiger partial charge in [-0.15, -0.1) is 0 Å². The molecule has 1 heterocycles. The fourth-order valence-electron chi connectivity index (χ4n) is 3.08. The van der Waals surface area contributed by atoms with E-state index in [0.717, 1.165) is 0 Å². The second kappa shape index (κ2) is 5.96. The topological polar surface area (TPSA) is 92.9 Å². The highest BCUT2D eigenvalue weighted by molar-refractivity contribution is 5.68. The van der Waals surface area contributed by atoms with E-state index in [4.69, 9.17) is 4.74 Å². The zero-order valence-corrected chi connectivity index (χ0v) is 13.8. The third-order valence-electron chi connectivity index (χ3n) is 4.42. The lowest BCUT2D eigenvalue weighted by molar-refractivity contribution is -0.581. The van der Waals surface area contributed by atoms with Gasteiger partial charge in [0.25, 0.3) is 5.54 Å². The number of aliphatic hydroxyl groups is 1. The summed E-state index contributed by atoms with van der Waals surface area (Å²) in [4.78, 5) is 24.8. The Kier molecular flexibility index (Phi) is 4.52. The highest BCUT2D eigenvalue weighted by Crippen LogP contribution is 2.40. The molecule has 0 bridgehead atoms. The van der Waals surface area contributed by atoms with Gasteiger partial charge in [0.05, 0.1) is 0 Å². The van der Waals surface area contributed by atoms with E-state index in [2.05, 4.69) is 0 Å². The van der Waals surface area contributed by atoms with Crippen LogP contribution in [0.4, 0.5) is 4.79 Å². The number of nitrogens with zero attached hydrogens (tertiary/aromatic N) is 2. The van der Waals surface area contributed by atoms with Crippen LogP contribution >= 0.6 is 0 Å². The van der Waals surface area contributed by atoms with E-state index in [-0.39, 0.29) is 32.4 Å². The van der Waals surface area contributed by atoms with Gasteiger partial charge in [-0.3, -0.25) is 10.1 Å². The Bertz CT molecular complexity index is 541. The number of amides is 1. The number of hydrogen-bond donors (Lipinski definition) is 1. The van der Waals surface area contributed by atoms with Gasteiger partial charge in [-0.25, -0.2) is 4.79 Å². The molecular weight excluding hydrogens is 300 g/mol. The molecule has 1 aliphatic heterocycles. The molecule has 0 saturated carbocycles. The molecule has 0 aromatic heterocycles. The van der Waals surface area contributed by atoms with Gasteiger partial charge in [0.1, 0.15) is 11.2 Å². The predicted octanol–water partition coefficient (Wildman–Crippen LogP) is 2.28. The lowest BCUT2D eigenvalue weighted by Gasteiger charge is -2.44. The third-order valence-corrected chi connectivity index (χ3v) is 4.42. The van der Waals surface area contributed by atoms with Crippen molar-refractivity contribution in [1.82, 2.24) is 4.90 Å². The lowest BCUT2D eigenvalue weighted by atomic mass is 9.70. The minimum Gasteiger partial charge on any atom is -0.444 e. The van der Waals surface area contributed by atoms with Gasteiger partial charge in [0.15, 0.2) is 0 Å². The molecule has 1 saturated heterocycles. The Hall–Kier alpha value is -1.89. The number of allylic oxidation sites excluding steroid dienone is 2. The molecule has 1 aliphatic carbocycles. The van der Waals surface area contributed by atoms with Crippen LogP contribution in [0.1, 0.15) is 40.0 Å². The molecule has 128 valence electrons. The van der Waals surface area contributed by atoms with Gasteiger partial charge >= 0.3 is 6.09 Å². The number of hydrogen-bond acceptors (Lipinski definition) is 5. The Morgan fingerprint density at radius 3 is 2.35 bits per heavy atom. The van der Waals surface area contributed by atoms with Crippen molar-refractivity contribution in [2.45, 2.75) is 56.8 Å². The van der Waals surface area contributed by atoms with Crippen LogP contribution < -0.4 is 0 Å². The molecule has 2 rings (SSSR count). The van der Waals surface area contributed by atoms with E-state index in [1.165, 1.54) is 11.0 Å². The maximum atomic E-state index is 12.1. The zero-order valence-electron chi connectivity index (χ0n) is 13.8. The Morgan fingerprint density at radius 2 is 1.91 bits per heavy atom. The summed E-state index contributed by atoms with van der Waals surface area (Å²) in [6.45, 7) is 5.82. The van der Waals surface area contributed by atoms with E-state index < -0.39 is 27.8 Å². The summed E-state index contributed by atoms with van der Waals surface area (Å²) >= 11 is 0. The van der Waals surface area contributed by atoms with E-state index in [9.17, 15) is 20.0 Å². The largest absolute Gasteiger partial charge is 0.444 e. The van der Waals surface area contributed by atoms with Crippen molar-refractivity contribution in [2.75, 3.05) is 13.1 Å². The molecule has 1 unspecified atom stereocenters. The number of carbonyl (C=O) groups is 1. The summed E-state index contributed by atoms with van der Waals surface area (Å²) in [7, 11) is 0. The van der Waals surface area contributed by atoms with E-state index >= 15 is 0 Å². The average molecular weight is 324 g/mol. The summed E-state index contributed by atoms with van der Waals surface area (Å²) < 4.78 is 5.31. The van der Waals surface area contributed by atoms with Crippen LogP contribution in [0.5, 0.6) is 0 Å². The number of nitro groups is 1. The predicted molar refractivity (Wildman–Crippen MR) is 84.6 cm³/mol. The van der Waals surface area contributed by atoms with Crippen LogP contribution in [0.15, 0.2) is 24.3 Å². The summed E-state index contributed by atoms with van der Waals surface area (Å²) in [5, 5.41) is 22.6. The molecule has 2 aliphatic rings. The first-order valence-corrected chi connectivity index (χ1v) is 7.79. The van der Waals surface area contributed by atoms with Gasteiger partial charge in [0.2, 0.25) is 0 Å². The Morgan fingerprint density at radius 1 is 1.30 bits per heavy atom. The standard InChI is InChI=1S/C16H24N2O5/c1-14(2,3)23-13(19)17-11-9-16(20,10-12-17)15(18(21)22)7-5-4-6-8-15/h4-7,20H,8-12H2,1-3H3. The molecule has 1 N–H and O–H groups in total. The minimum absolute atomic E-state index is 0.144. The Balaban J connectivity index is 2.10. The van der Waals surface area contributed by atoms with Crippen LogP contribution in [0.3, 0.4) is 0 Å². The van der Waals surface area contributed by atoms with Crippen molar-refractivity contribution in [2.24, 2.45) is 0 Å². The summed E-state index contributed by atoms with van der Waals surface area (Å²) in [5.41, 5.74) is -3.60. The number of ether oxygens (including phenoxy) is 1. The fraction of sp³-hybridized carbons (Fsp3) is 0.688. The molecule has 7 nitrogen and oxygen atoms in total. The van der Waals surface area contributed by atoms with Gasteiger partial charge in [-0.1, -0.05) is 18.2 Å². The molecule has 7 heteroatoms. The lowest BCUT2D eigenvalue weighted by Crippen LogP contribution is -2.63. The summed E-state index contributed by atoms with van der Waals surface area (Å²) in [6.07, 6.45) is 6.49. The Labute approximate surface area is 135 Å². The number of likely N-dealkylation sites (tertiary alicyclic amines) is 1. The molecule has 0 aromatic rings. The van der Waals surface area contributed by atoms with Gasteiger partial charge in [0, 0.05) is 37.3 Å². The number of carbonyl (C=O) groups excluding carboxylic acids is 1. The molecule has 0 aromatic carbocycles.